The standard InChI is InChI=1S/C27H39NO3S/c1-18-7-11-20(12-8-18)25(29)28(21-13-9-19(2)10-14-21)23-17-22(15-16-27(3,4)5)32-24(23)26(30)31-6/h17-21H,7-14H2,1-6H3/t18-,19-,20-,21+. The number of methoxy groups -OCH3 is 1. The largest absolute Gasteiger partial charge is 0.465 e. The molecule has 32 heavy (non-hydrogen) atoms. The number of hydrogen-bond donors (Lipinski definition) is 0. The Morgan fingerprint density at radius 2 is 1.56 bits per heavy atom. The highest BCUT2D eigenvalue weighted by atomic mass is 32.1. The predicted molar refractivity (Wildman–Crippen MR) is 132 cm³/mol. The highest BCUT2D eigenvalue weighted by Crippen LogP contribution is 2.39. The van der Waals surface area contributed by atoms with Crippen molar-refractivity contribution in [3.63, 3.8) is 0 Å². The van der Waals surface area contributed by atoms with Crippen molar-refractivity contribution < 1.29 is 14.3 Å². The maximum atomic E-state index is 13.9. The normalized spacial score (nSPS) is 26.1. The first kappa shape index (κ1) is 24.8. The van der Waals surface area contributed by atoms with Gasteiger partial charge in [-0.15, -0.1) is 11.3 Å². The van der Waals surface area contributed by atoms with E-state index in [0.717, 1.165) is 56.2 Å². The van der Waals surface area contributed by atoms with E-state index < -0.39 is 0 Å². The van der Waals surface area contributed by atoms with Gasteiger partial charge in [0.25, 0.3) is 0 Å². The molecule has 1 aromatic heterocycles. The Morgan fingerprint density at radius 3 is 2.09 bits per heavy atom. The van der Waals surface area contributed by atoms with Gasteiger partial charge in [-0.1, -0.05) is 25.7 Å². The van der Waals surface area contributed by atoms with E-state index in [9.17, 15) is 9.59 Å². The van der Waals surface area contributed by atoms with Crippen molar-refractivity contribution in [3.8, 4) is 11.8 Å². The first-order valence-corrected chi connectivity index (χ1v) is 13.0. The van der Waals surface area contributed by atoms with Crippen LogP contribution in [0.4, 0.5) is 5.69 Å². The Hall–Kier alpha value is -1.80. The molecule has 0 radical (unpaired) electrons. The summed E-state index contributed by atoms with van der Waals surface area (Å²) in [5, 5.41) is 0. The molecular formula is C27H39NO3S. The predicted octanol–water partition coefficient (Wildman–Crippen LogP) is 6.67. The van der Waals surface area contributed by atoms with E-state index in [2.05, 4.69) is 46.5 Å². The molecular weight excluding hydrogens is 418 g/mol. The topological polar surface area (TPSA) is 46.6 Å². The van der Waals surface area contributed by atoms with E-state index in [0.29, 0.717) is 22.4 Å². The summed E-state index contributed by atoms with van der Waals surface area (Å²) < 4.78 is 5.11. The number of ether oxygens (including phenoxy) is 1. The van der Waals surface area contributed by atoms with Crippen LogP contribution in [0.2, 0.25) is 0 Å². The Kier molecular flexibility index (Phi) is 8.09. The highest BCUT2D eigenvalue weighted by molar-refractivity contribution is 7.15. The van der Waals surface area contributed by atoms with E-state index in [-0.39, 0.29) is 29.3 Å². The molecule has 176 valence electrons. The zero-order chi connectivity index (χ0) is 23.5. The lowest BCUT2D eigenvalue weighted by molar-refractivity contribution is -0.124. The molecule has 1 amide bonds. The average Bonchev–Trinajstić information content (AvgIpc) is 3.17. The first-order chi connectivity index (χ1) is 15.1. The Balaban J connectivity index is 2.02. The lowest BCUT2D eigenvalue weighted by Gasteiger charge is -2.39. The van der Waals surface area contributed by atoms with Gasteiger partial charge in [0.1, 0.15) is 4.88 Å². The van der Waals surface area contributed by atoms with Gasteiger partial charge in [-0.25, -0.2) is 4.79 Å². The molecule has 2 aliphatic carbocycles. The van der Waals surface area contributed by atoms with Gasteiger partial charge in [0, 0.05) is 17.4 Å². The fourth-order valence-electron chi connectivity index (χ4n) is 4.81. The molecule has 0 spiro atoms. The van der Waals surface area contributed by atoms with Gasteiger partial charge in [-0.3, -0.25) is 4.79 Å². The van der Waals surface area contributed by atoms with Gasteiger partial charge in [0.15, 0.2) is 0 Å². The van der Waals surface area contributed by atoms with Crippen LogP contribution in [0.5, 0.6) is 0 Å². The maximum Gasteiger partial charge on any atom is 0.350 e. The number of esters is 1. The molecule has 0 atom stereocenters. The number of nitrogens with zero attached hydrogens (tertiary/aromatic N) is 1. The van der Waals surface area contributed by atoms with Gasteiger partial charge in [-0.05, 0) is 90.0 Å². The van der Waals surface area contributed by atoms with E-state index in [1.165, 1.54) is 18.4 Å². The smallest absolute Gasteiger partial charge is 0.350 e. The van der Waals surface area contributed by atoms with Crippen LogP contribution in [-0.2, 0) is 9.53 Å². The average molecular weight is 458 g/mol. The van der Waals surface area contributed by atoms with E-state index in [4.69, 9.17) is 4.74 Å². The number of rotatable bonds is 4. The van der Waals surface area contributed by atoms with Crippen molar-refractivity contribution in [2.75, 3.05) is 12.0 Å². The van der Waals surface area contributed by atoms with Crippen LogP contribution >= 0.6 is 11.3 Å². The molecule has 0 aliphatic heterocycles. The molecule has 1 aromatic rings. The van der Waals surface area contributed by atoms with Crippen molar-refractivity contribution >= 4 is 28.9 Å². The minimum Gasteiger partial charge on any atom is -0.465 e. The first-order valence-electron chi connectivity index (χ1n) is 12.2. The zero-order valence-corrected chi connectivity index (χ0v) is 21.4. The summed E-state index contributed by atoms with van der Waals surface area (Å²) in [7, 11) is 1.41. The molecule has 2 aliphatic rings. The zero-order valence-electron chi connectivity index (χ0n) is 20.6. The van der Waals surface area contributed by atoms with Gasteiger partial charge < -0.3 is 9.64 Å². The second-order valence-electron chi connectivity index (χ2n) is 10.9. The summed E-state index contributed by atoms with van der Waals surface area (Å²) in [5.41, 5.74) is 0.576. The third kappa shape index (κ3) is 6.16. The van der Waals surface area contributed by atoms with Crippen LogP contribution in [0.1, 0.15) is 101 Å². The molecule has 4 nitrogen and oxygen atoms in total. The van der Waals surface area contributed by atoms with Crippen LogP contribution in [-0.4, -0.2) is 25.0 Å². The number of thiophene rings is 1. The third-order valence-electron chi connectivity index (χ3n) is 6.86. The summed E-state index contributed by atoms with van der Waals surface area (Å²) in [4.78, 5) is 29.9. The molecule has 0 N–H and O–H groups in total. The molecule has 0 unspecified atom stereocenters. The summed E-state index contributed by atoms with van der Waals surface area (Å²) in [5.74, 6) is 7.73. The van der Waals surface area contributed by atoms with Gasteiger partial charge in [0.2, 0.25) is 5.91 Å². The monoisotopic (exact) mass is 457 g/mol. The quantitative estimate of drug-likeness (QED) is 0.375. The molecule has 0 saturated heterocycles. The number of anilines is 1. The summed E-state index contributed by atoms with van der Waals surface area (Å²) in [6, 6.07) is 2.09. The minimum atomic E-state index is -0.381. The lowest BCUT2D eigenvalue weighted by atomic mass is 9.81. The van der Waals surface area contributed by atoms with Crippen LogP contribution in [0.3, 0.4) is 0 Å². The van der Waals surface area contributed by atoms with E-state index in [1.54, 1.807) is 0 Å². The number of hydrogen-bond acceptors (Lipinski definition) is 4. The highest BCUT2D eigenvalue weighted by Gasteiger charge is 2.37. The van der Waals surface area contributed by atoms with Crippen LogP contribution in [0, 0.1) is 35.0 Å². The van der Waals surface area contributed by atoms with Gasteiger partial charge >= 0.3 is 5.97 Å². The number of carbonyl (C=O) groups is 2. The van der Waals surface area contributed by atoms with E-state index >= 15 is 0 Å². The Labute approximate surface area is 198 Å². The Morgan fingerprint density at radius 1 is 1.00 bits per heavy atom. The summed E-state index contributed by atoms with van der Waals surface area (Å²) in [6.07, 6.45) is 8.27. The maximum absolute atomic E-state index is 13.9. The SMILES string of the molecule is COC(=O)c1sc(C#CC(C)(C)C)cc1N(C(=O)[C@H]1CC[C@H](C)CC1)[C@H]1CC[C@@H](C)CC1. The molecule has 1 heterocycles. The van der Waals surface area contributed by atoms with E-state index in [1.807, 2.05) is 11.0 Å². The van der Waals surface area contributed by atoms with Crippen LogP contribution in [0.15, 0.2) is 6.07 Å². The summed E-state index contributed by atoms with van der Waals surface area (Å²) in [6.45, 7) is 10.8. The molecule has 0 aromatic carbocycles. The van der Waals surface area contributed by atoms with Crippen molar-refractivity contribution in [1.29, 1.82) is 0 Å². The van der Waals surface area contributed by atoms with Crippen molar-refractivity contribution in [1.82, 2.24) is 0 Å². The molecule has 5 heteroatoms. The van der Waals surface area contributed by atoms with Crippen molar-refractivity contribution in [2.45, 2.75) is 92.0 Å². The van der Waals surface area contributed by atoms with Crippen LogP contribution < -0.4 is 4.90 Å². The summed E-state index contributed by atoms with van der Waals surface area (Å²) >= 11 is 1.35. The van der Waals surface area contributed by atoms with Gasteiger partial charge in [0.05, 0.1) is 17.7 Å². The Bertz CT molecular complexity index is 869. The third-order valence-corrected chi connectivity index (χ3v) is 7.88. The van der Waals surface area contributed by atoms with Crippen LogP contribution in [0.25, 0.3) is 0 Å². The second-order valence-corrected chi connectivity index (χ2v) is 11.9. The number of carbonyl (C=O) groups excluding carboxylic acids is 2. The molecule has 2 saturated carbocycles. The van der Waals surface area contributed by atoms with Gasteiger partial charge in [-0.2, -0.15) is 0 Å². The van der Waals surface area contributed by atoms with Crippen molar-refractivity contribution in [3.05, 3.63) is 15.8 Å². The molecule has 3 rings (SSSR count). The van der Waals surface area contributed by atoms with Crippen molar-refractivity contribution in [2.24, 2.45) is 23.2 Å². The fourth-order valence-corrected chi connectivity index (χ4v) is 5.73. The molecule has 0 bridgehead atoms. The fraction of sp³-hybridized carbons (Fsp3) is 0.704. The number of amides is 1. The molecule has 2 fully saturated rings. The minimum absolute atomic E-state index is 0.0417. The lowest BCUT2D eigenvalue weighted by Crippen LogP contribution is -2.46. The second kappa shape index (κ2) is 10.4.